The highest BCUT2D eigenvalue weighted by Gasteiger charge is 2.35. The van der Waals surface area contributed by atoms with Gasteiger partial charge in [-0.2, -0.15) is 0 Å². The minimum atomic E-state index is -0.186. The Morgan fingerprint density at radius 3 is 2.53 bits per heavy atom. The molecule has 0 atom stereocenters. The molecule has 2 rings (SSSR count). The molecule has 0 spiro atoms. The first-order valence-electron chi connectivity index (χ1n) is 6.92. The summed E-state index contributed by atoms with van der Waals surface area (Å²) in [6.45, 7) is 5.52. The van der Waals surface area contributed by atoms with Crippen LogP contribution in [0.4, 0.5) is 0 Å². The lowest BCUT2D eigenvalue weighted by molar-refractivity contribution is -0.124. The molecule has 1 heterocycles. The Balaban J connectivity index is 1.69. The third-order valence-corrected chi connectivity index (χ3v) is 4.26. The highest BCUT2D eigenvalue weighted by Crippen LogP contribution is 2.32. The van der Waals surface area contributed by atoms with Crippen molar-refractivity contribution in [2.75, 3.05) is 19.6 Å². The van der Waals surface area contributed by atoms with Crippen LogP contribution < -0.4 is 11.1 Å². The second kappa shape index (κ2) is 5.36. The zero-order valence-electron chi connectivity index (χ0n) is 10.9. The first-order chi connectivity index (χ1) is 8.11. The number of nitrogens with zero attached hydrogens (tertiary/aromatic N) is 1. The van der Waals surface area contributed by atoms with E-state index in [-0.39, 0.29) is 11.4 Å². The van der Waals surface area contributed by atoms with Gasteiger partial charge >= 0.3 is 0 Å². The van der Waals surface area contributed by atoms with Gasteiger partial charge in [-0.05, 0) is 38.6 Å². The summed E-state index contributed by atoms with van der Waals surface area (Å²) in [6, 6.07) is 0.369. The fourth-order valence-electron chi connectivity index (χ4n) is 2.80. The van der Waals surface area contributed by atoms with Crippen molar-refractivity contribution in [2.24, 2.45) is 5.73 Å². The third-order valence-electron chi connectivity index (χ3n) is 4.26. The van der Waals surface area contributed by atoms with E-state index in [0.29, 0.717) is 12.5 Å². The molecule has 1 saturated carbocycles. The van der Waals surface area contributed by atoms with Gasteiger partial charge in [-0.3, -0.25) is 4.79 Å². The van der Waals surface area contributed by atoms with Crippen LogP contribution in [0.15, 0.2) is 0 Å². The second-order valence-corrected chi connectivity index (χ2v) is 5.67. The number of nitrogens with two attached hydrogens (primary N) is 1. The Bertz CT molecular complexity index is 268. The first kappa shape index (κ1) is 12.8. The summed E-state index contributed by atoms with van der Waals surface area (Å²) >= 11 is 0. The van der Waals surface area contributed by atoms with E-state index in [0.717, 1.165) is 45.3 Å². The Kier molecular flexibility index (Phi) is 4.05. The number of amides is 1. The van der Waals surface area contributed by atoms with Crippen LogP contribution in [0.3, 0.4) is 0 Å². The largest absolute Gasteiger partial charge is 0.353 e. The number of piperidine rings is 1. The van der Waals surface area contributed by atoms with E-state index in [9.17, 15) is 4.79 Å². The molecular weight excluding hydrogens is 214 g/mol. The monoisotopic (exact) mass is 239 g/mol. The molecule has 0 bridgehead atoms. The van der Waals surface area contributed by atoms with Crippen LogP contribution in [0.2, 0.25) is 0 Å². The predicted octanol–water partition coefficient (Wildman–Crippen LogP) is 0.858. The molecule has 2 fully saturated rings. The number of likely N-dealkylation sites (tertiary alicyclic amines) is 1. The van der Waals surface area contributed by atoms with Crippen LogP contribution in [0, 0.1) is 0 Å². The van der Waals surface area contributed by atoms with E-state index in [1.807, 2.05) is 0 Å². The van der Waals surface area contributed by atoms with Crippen molar-refractivity contribution in [1.82, 2.24) is 10.2 Å². The summed E-state index contributed by atoms with van der Waals surface area (Å²) in [7, 11) is 0. The first-order valence-corrected chi connectivity index (χ1v) is 6.92. The minimum Gasteiger partial charge on any atom is -0.353 e. The van der Waals surface area contributed by atoms with Gasteiger partial charge in [0.2, 0.25) is 5.91 Å². The van der Waals surface area contributed by atoms with Gasteiger partial charge in [-0.15, -0.1) is 0 Å². The molecular formula is C13H25N3O. The molecule has 4 nitrogen and oxygen atoms in total. The number of carbonyl (C=O) groups excluding carboxylic acids is 1. The number of rotatable bonds is 4. The predicted molar refractivity (Wildman–Crippen MR) is 68.7 cm³/mol. The quantitative estimate of drug-likeness (QED) is 0.765. The Labute approximate surface area is 104 Å². The number of hydrogen-bond donors (Lipinski definition) is 2. The van der Waals surface area contributed by atoms with E-state index < -0.39 is 0 Å². The van der Waals surface area contributed by atoms with Crippen molar-refractivity contribution in [3.05, 3.63) is 0 Å². The lowest BCUT2D eigenvalue weighted by atomic mass is 9.75. The lowest BCUT2D eigenvalue weighted by Gasteiger charge is -2.38. The molecule has 2 aliphatic rings. The van der Waals surface area contributed by atoms with Gasteiger partial charge < -0.3 is 16.0 Å². The van der Waals surface area contributed by atoms with Gasteiger partial charge in [0.1, 0.15) is 0 Å². The van der Waals surface area contributed by atoms with Gasteiger partial charge in [0.15, 0.2) is 0 Å². The van der Waals surface area contributed by atoms with Gasteiger partial charge in [0, 0.05) is 31.1 Å². The van der Waals surface area contributed by atoms with Crippen molar-refractivity contribution >= 4 is 5.91 Å². The summed E-state index contributed by atoms with van der Waals surface area (Å²) in [5.74, 6) is 0.155. The Morgan fingerprint density at radius 2 is 2.06 bits per heavy atom. The standard InChI is InChI=1S/C13H25N3O/c1-2-16-8-4-11(5-9-16)15-12(17)10-13(14)6-3-7-13/h11H,2-10,14H2,1H3,(H,15,17). The van der Waals surface area contributed by atoms with Crippen LogP contribution in [0.1, 0.15) is 45.4 Å². The van der Waals surface area contributed by atoms with E-state index in [1.165, 1.54) is 6.42 Å². The summed E-state index contributed by atoms with van der Waals surface area (Å²) in [4.78, 5) is 14.3. The Hall–Kier alpha value is -0.610. The average Bonchev–Trinajstić information content (AvgIpc) is 2.28. The summed E-state index contributed by atoms with van der Waals surface area (Å²) in [6.07, 6.45) is 5.87. The highest BCUT2D eigenvalue weighted by molar-refractivity contribution is 5.77. The second-order valence-electron chi connectivity index (χ2n) is 5.67. The molecule has 3 N–H and O–H groups in total. The van der Waals surface area contributed by atoms with Crippen LogP contribution in [-0.4, -0.2) is 42.0 Å². The summed E-state index contributed by atoms with van der Waals surface area (Å²) < 4.78 is 0. The summed E-state index contributed by atoms with van der Waals surface area (Å²) in [5.41, 5.74) is 5.90. The van der Waals surface area contributed by atoms with Crippen molar-refractivity contribution in [2.45, 2.75) is 57.0 Å². The molecule has 17 heavy (non-hydrogen) atoms. The molecule has 1 saturated heterocycles. The van der Waals surface area contributed by atoms with E-state index in [1.54, 1.807) is 0 Å². The molecule has 0 aromatic heterocycles. The normalized spacial score (nSPS) is 25.3. The SMILES string of the molecule is CCN1CCC(NC(=O)CC2(N)CCC2)CC1. The fourth-order valence-corrected chi connectivity index (χ4v) is 2.80. The molecule has 0 aromatic rings. The van der Waals surface area contributed by atoms with Crippen molar-refractivity contribution < 1.29 is 4.79 Å². The third kappa shape index (κ3) is 3.42. The number of nitrogens with one attached hydrogen (secondary N) is 1. The zero-order valence-corrected chi connectivity index (χ0v) is 10.9. The van der Waals surface area contributed by atoms with Crippen molar-refractivity contribution in [3.8, 4) is 0 Å². The smallest absolute Gasteiger partial charge is 0.222 e. The number of hydrogen-bond acceptors (Lipinski definition) is 3. The van der Waals surface area contributed by atoms with Crippen LogP contribution >= 0.6 is 0 Å². The van der Waals surface area contributed by atoms with E-state index >= 15 is 0 Å². The fraction of sp³-hybridized carbons (Fsp3) is 0.923. The maximum absolute atomic E-state index is 11.9. The molecule has 1 aliphatic heterocycles. The van der Waals surface area contributed by atoms with Gasteiger partial charge in [-0.25, -0.2) is 0 Å². The van der Waals surface area contributed by atoms with Gasteiger partial charge in [0.25, 0.3) is 0 Å². The maximum atomic E-state index is 11.9. The van der Waals surface area contributed by atoms with Crippen molar-refractivity contribution in [1.29, 1.82) is 0 Å². The van der Waals surface area contributed by atoms with Crippen LogP contribution in [0.25, 0.3) is 0 Å². The van der Waals surface area contributed by atoms with E-state index in [2.05, 4.69) is 17.1 Å². The van der Waals surface area contributed by atoms with Crippen LogP contribution in [-0.2, 0) is 4.79 Å². The molecule has 1 amide bonds. The maximum Gasteiger partial charge on any atom is 0.222 e. The Morgan fingerprint density at radius 1 is 1.41 bits per heavy atom. The van der Waals surface area contributed by atoms with Crippen LogP contribution in [0.5, 0.6) is 0 Å². The van der Waals surface area contributed by atoms with Crippen molar-refractivity contribution in [3.63, 3.8) is 0 Å². The molecule has 0 radical (unpaired) electrons. The minimum absolute atomic E-state index is 0.155. The molecule has 98 valence electrons. The highest BCUT2D eigenvalue weighted by atomic mass is 16.1. The zero-order chi connectivity index (χ0) is 12.3. The van der Waals surface area contributed by atoms with Gasteiger partial charge in [-0.1, -0.05) is 6.92 Å². The lowest BCUT2D eigenvalue weighted by Crippen LogP contribution is -2.52. The molecule has 1 aliphatic carbocycles. The van der Waals surface area contributed by atoms with E-state index in [4.69, 9.17) is 5.73 Å². The molecule has 0 aromatic carbocycles. The molecule has 0 unspecified atom stereocenters. The summed E-state index contributed by atoms with van der Waals surface area (Å²) in [5, 5.41) is 3.14. The average molecular weight is 239 g/mol. The van der Waals surface area contributed by atoms with Gasteiger partial charge in [0.05, 0.1) is 0 Å². The number of carbonyl (C=O) groups is 1. The topological polar surface area (TPSA) is 58.4 Å². The molecule has 4 heteroatoms.